The van der Waals surface area contributed by atoms with Crippen LogP contribution in [0.1, 0.15) is 42.9 Å². The van der Waals surface area contributed by atoms with E-state index < -0.39 is 0 Å². The van der Waals surface area contributed by atoms with Gasteiger partial charge in [0.2, 0.25) is 0 Å². The number of imidazole rings is 1. The Morgan fingerprint density at radius 3 is 2.53 bits per heavy atom. The number of anilines is 1. The Morgan fingerprint density at radius 1 is 1.07 bits per heavy atom. The smallest absolute Gasteiger partial charge is 0.294 e. The number of methoxy groups -OCH3 is 1. The number of aromatic amines is 1. The molecule has 2 aromatic carbocycles. The predicted molar refractivity (Wildman–Crippen MR) is 117 cm³/mol. The molecule has 0 saturated carbocycles. The van der Waals surface area contributed by atoms with Gasteiger partial charge in [0.1, 0.15) is 0 Å². The lowest BCUT2D eigenvalue weighted by Crippen LogP contribution is -2.30. The number of aromatic nitrogens is 2. The van der Waals surface area contributed by atoms with Crippen LogP contribution in [0.2, 0.25) is 0 Å². The van der Waals surface area contributed by atoms with Crippen molar-refractivity contribution in [2.75, 3.05) is 25.1 Å². The summed E-state index contributed by atoms with van der Waals surface area (Å²) in [4.78, 5) is 22.5. The third kappa shape index (κ3) is 3.08. The fraction of sp³-hybridized carbons (Fsp3) is 0.333. The maximum Gasteiger partial charge on any atom is 0.294 e. The molecule has 2 aliphatic rings. The molecule has 1 saturated heterocycles. The number of nitrogens with zero attached hydrogens (tertiary/aromatic N) is 2. The predicted octanol–water partition coefficient (Wildman–Crippen LogP) is 4.04. The Balaban J connectivity index is 1.52. The van der Waals surface area contributed by atoms with Crippen molar-refractivity contribution < 1.29 is 9.53 Å². The Hall–Kier alpha value is -3.12. The van der Waals surface area contributed by atoms with Gasteiger partial charge in [-0.25, -0.2) is 4.98 Å². The summed E-state index contributed by atoms with van der Waals surface area (Å²) in [7, 11) is 1.57. The molecule has 1 atom stereocenters. The van der Waals surface area contributed by atoms with Gasteiger partial charge < -0.3 is 15.0 Å². The Bertz CT molecular complexity index is 1110. The van der Waals surface area contributed by atoms with Crippen molar-refractivity contribution in [1.29, 1.82) is 0 Å². The van der Waals surface area contributed by atoms with Gasteiger partial charge in [-0.2, -0.15) is 0 Å². The van der Waals surface area contributed by atoms with Crippen molar-refractivity contribution in [1.82, 2.24) is 15.3 Å². The first-order valence-corrected chi connectivity index (χ1v) is 10.5. The molecule has 1 aromatic heterocycles. The lowest BCUT2D eigenvalue weighted by Gasteiger charge is -2.27. The minimum Gasteiger partial charge on any atom is -0.491 e. The molecule has 3 heterocycles. The molecule has 2 aliphatic heterocycles. The fourth-order valence-corrected chi connectivity index (χ4v) is 4.81. The van der Waals surface area contributed by atoms with Crippen molar-refractivity contribution in [2.24, 2.45) is 0 Å². The number of H-pyrrole nitrogens is 1. The second-order valence-corrected chi connectivity index (χ2v) is 8.09. The number of piperidine rings is 1. The molecular weight excluding hydrogens is 376 g/mol. The molecule has 3 aromatic rings. The third-order valence-electron chi connectivity index (χ3n) is 6.39. The molecule has 0 aliphatic carbocycles. The number of amides is 1. The summed E-state index contributed by atoms with van der Waals surface area (Å²) >= 11 is 0. The molecular formula is C24H26N4O2. The second kappa shape index (κ2) is 7.61. The molecule has 6 nitrogen and oxygen atoms in total. The van der Waals surface area contributed by atoms with Crippen LogP contribution in [0.25, 0.3) is 11.0 Å². The van der Waals surface area contributed by atoms with Crippen molar-refractivity contribution in [3.05, 3.63) is 71.3 Å². The van der Waals surface area contributed by atoms with E-state index in [0.29, 0.717) is 11.7 Å². The van der Waals surface area contributed by atoms with Crippen molar-refractivity contribution in [3.8, 4) is 0 Å². The number of carbonyl (C=O) groups excluding carboxylic acids is 1. The lowest BCUT2D eigenvalue weighted by atomic mass is 9.88. The molecule has 1 fully saturated rings. The first-order chi connectivity index (χ1) is 14.7. The van der Waals surface area contributed by atoms with Crippen molar-refractivity contribution >= 4 is 22.6 Å². The van der Waals surface area contributed by atoms with Crippen LogP contribution in [-0.2, 0) is 9.53 Å². The standard InChI is InChI=1S/C24H26N4O2/c1-15-22(18-5-3-16(4-6-18)17-9-11-25-12-10-17)28(24(29)23(15)30-2)19-7-8-20-21(13-19)27-14-26-20/h3-8,13-14,17,22,25H,9-12H2,1-2H3,(H,26,27). The van der Waals surface area contributed by atoms with Gasteiger partial charge in [-0.15, -0.1) is 0 Å². The number of ether oxygens (including phenoxy) is 1. The Labute approximate surface area is 175 Å². The van der Waals surface area contributed by atoms with E-state index in [2.05, 4.69) is 39.6 Å². The molecule has 5 rings (SSSR count). The van der Waals surface area contributed by atoms with Crippen LogP contribution in [-0.4, -0.2) is 36.1 Å². The molecule has 154 valence electrons. The highest BCUT2D eigenvalue weighted by Gasteiger charge is 2.40. The van der Waals surface area contributed by atoms with Gasteiger partial charge in [0, 0.05) is 11.3 Å². The number of benzene rings is 2. The van der Waals surface area contributed by atoms with Crippen LogP contribution >= 0.6 is 0 Å². The average Bonchev–Trinajstić information content (AvgIpc) is 3.35. The van der Waals surface area contributed by atoms with Gasteiger partial charge in [0.05, 0.1) is 30.5 Å². The summed E-state index contributed by atoms with van der Waals surface area (Å²) in [5.74, 6) is 0.920. The van der Waals surface area contributed by atoms with Crippen LogP contribution in [0.5, 0.6) is 0 Å². The lowest BCUT2D eigenvalue weighted by molar-refractivity contribution is -0.117. The quantitative estimate of drug-likeness (QED) is 0.691. The number of nitrogens with one attached hydrogen (secondary N) is 2. The molecule has 6 heteroatoms. The van der Waals surface area contributed by atoms with Gasteiger partial charge in [-0.05, 0) is 68.1 Å². The molecule has 0 radical (unpaired) electrons. The zero-order chi connectivity index (χ0) is 20.7. The molecule has 0 bridgehead atoms. The van der Waals surface area contributed by atoms with E-state index in [4.69, 9.17) is 4.74 Å². The summed E-state index contributed by atoms with van der Waals surface area (Å²) in [6, 6.07) is 14.5. The van der Waals surface area contributed by atoms with E-state index in [1.54, 1.807) is 13.4 Å². The third-order valence-corrected chi connectivity index (χ3v) is 6.39. The van der Waals surface area contributed by atoms with E-state index in [9.17, 15) is 4.79 Å². The van der Waals surface area contributed by atoms with Gasteiger partial charge in [0.15, 0.2) is 5.76 Å². The van der Waals surface area contributed by atoms with Crippen molar-refractivity contribution in [3.63, 3.8) is 0 Å². The largest absolute Gasteiger partial charge is 0.491 e. The average molecular weight is 402 g/mol. The van der Waals surface area contributed by atoms with E-state index in [-0.39, 0.29) is 11.9 Å². The summed E-state index contributed by atoms with van der Waals surface area (Å²) in [5, 5.41) is 3.43. The second-order valence-electron chi connectivity index (χ2n) is 8.09. The topological polar surface area (TPSA) is 70.2 Å². The molecule has 1 amide bonds. The number of hydrogen-bond acceptors (Lipinski definition) is 4. The molecule has 0 spiro atoms. The minimum atomic E-state index is -0.185. The summed E-state index contributed by atoms with van der Waals surface area (Å²) < 4.78 is 5.49. The maximum atomic E-state index is 13.2. The SMILES string of the molecule is COC1=C(C)C(c2ccc(C3CCNCC3)cc2)N(c2ccc3nc[nH]c3c2)C1=O. The normalized spacial score (nSPS) is 20.4. The zero-order valence-corrected chi connectivity index (χ0v) is 17.3. The molecule has 2 N–H and O–H groups in total. The van der Waals surface area contributed by atoms with Gasteiger partial charge in [-0.3, -0.25) is 9.69 Å². The Morgan fingerprint density at radius 2 is 1.80 bits per heavy atom. The van der Waals surface area contributed by atoms with Crippen LogP contribution in [0.4, 0.5) is 5.69 Å². The van der Waals surface area contributed by atoms with E-state index in [1.165, 1.54) is 18.4 Å². The number of hydrogen-bond donors (Lipinski definition) is 2. The summed E-state index contributed by atoms with van der Waals surface area (Å²) in [5.41, 5.74) is 6.02. The van der Waals surface area contributed by atoms with Crippen LogP contribution < -0.4 is 10.2 Å². The van der Waals surface area contributed by atoms with Gasteiger partial charge in [-0.1, -0.05) is 24.3 Å². The maximum absolute atomic E-state index is 13.2. The van der Waals surface area contributed by atoms with Gasteiger partial charge >= 0.3 is 0 Å². The monoisotopic (exact) mass is 402 g/mol. The van der Waals surface area contributed by atoms with Crippen LogP contribution in [0.3, 0.4) is 0 Å². The van der Waals surface area contributed by atoms with E-state index in [0.717, 1.165) is 40.9 Å². The first-order valence-electron chi connectivity index (χ1n) is 10.5. The fourth-order valence-electron chi connectivity index (χ4n) is 4.81. The highest BCUT2D eigenvalue weighted by molar-refractivity contribution is 6.09. The van der Waals surface area contributed by atoms with Gasteiger partial charge in [0.25, 0.3) is 5.91 Å². The van der Waals surface area contributed by atoms with E-state index in [1.807, 2.05) is 30.0 Å². The van der Waals surface area contributed by atoms with Crippen LogP contribution in [0.15, 0.2) is 60.1 Å². The summed E-state index contributed by atoms with van der Waals surface area (Å²) in [6.07, 6.45) is 4.01. The summed E-state index contributed by atoms with van der Waals surface area (Å²) in [6.45, 7) is 4.13. The molecule has 1 unspecified atom stereocenters. The zero-order valence-electron chi connectivity index (χ0n) is 17.3. The number of carbonyl (C=O) groups is 1. The van der Waals surface area contributed by atoms with E-state index >= 15 is 0 Å². The minimum absolute atomic E-state index is 0.110. The van der Waals surface area contributed by atoms with Crippen molar-refractivity contribution in [2.45, 2.75) is 31.7 Å². The highest BCUT2D eigenvalue weighted by Crippen LogP contribution is 2.42. The van der Waals surface area contributed by atoms with Crippen LogP contribution in [0, 0.1) is 0 Å². The molecule has 30 heavy (non-hydrogen) atoms. The number of fused-ring (bicyclic) bond motifs is 1. The first kappa shape index (κ1) is 18.9. The Kier molecular flexibility index (Phi) is 4.79. The number of rotatable bonds is 4. The highest BCUT2D eigenvalue weighted by atomic mass is 16.5.